The summed E-state index contributed by atoms with van der Waals surface area (Å²) in [6, 6.07) is 11.5. The minimum Gasteiger partial charge on any atom is -0.310 e. The summed E-state index contributed by atoms with van der Waals surface area (Å²) >= 11 is 0. The molecule has 0 radical (unpaired) electrons. The van der Waals surface area contributed by atoms with E-state index in [1.165, 1.54) is 22.6 Å². The molecule has 7 heteroatoms. The third-order valence-corrected chi connectivity index (χ3v) is 5.09. The summed E-state index contributed by atoms with van der Waals surface area (Å²) in [4.78, 5) is 31.6. The molecule has 0 bridgehead atoms. The van der Waals surface area contributed by atoms with Crippen LogP contribution < -0.4 is 10.9 Å². The van der Waals surface area contributed by atoms with Gasteiger partial charge in [0.25, 0.3) is 5.56 Å². The molecule has 4 rings (SSSR count). The SMILES string of the molecule is O=C(Nc1cc(=O)[nH]c2nc(CCc3ccccc3)nn12)C1CCCCC1. The van der Waals surface area contributed by atoms with Gasteiger partial charge in [-0.2, -0.15) is 9.50 Å². The van der Waals surface area contributed by atoms with Crippen molar-refractivity contribution in [1.29, 1.82) is 0 Å². The standard InChI is InChI=1S/C20H23N5O2/c26-18-13-17(22-19(27)15-9-5-2-6-10-15)25-20(23-18)21-16(24-25)12-11-14-7-3-1-4-8-14/h1,3-4,7-8,13,15H,2,5-6,9-12H2,(H,22,27)(H,21,23,24,26). The number of benzene rings is 1. The fourth-order valence-corrected chi connectivity index (χ4v) is 3.62. The van der Waals surface area contributed by atoms with E-state index in [0.717, 1.165) is 32.1 Å². The Bertz CT molecular complexity index is 987. The quantitative estimate of drug-likeness (QED) is 0.727. The monoisotopic (exact) mass is 365 g/mol. The number of nitrogens with one attached hydrogen (secondary N) is 2. The van der Waals surface area contributed by atoms with Gasteiger partial charge in [-0.25, -0.2) is 0 Å². The number of aromatic nitrogens is 4. The lowest BCUT2D eigenvalue weighted by atomic mass is 9.89. The van der Waals surface area contributed by atoms with Crippen LogP contribution in [-0.4, -0.2) is 25.5 Å². The summed E-state index contributed by atoms with van der Waals surface area (Å²) < 4.78 is 1.52. The van der Waals surface area contributed by atoms with Crippen molar-refractivity contribution in [2.75, 3.05) is 5.32 Å². The minimum absolute atomic E-state index is 0.00848. The molecule has 140 valence electrons. The Morgan fingerprint density at radius 3 is 2.70 bits per heavy atom. The molecule has 0 saturated heterocycles. The van der Waals surface area contributed by atoms with Crippen LogP contribution in [0, 0.1) is 5.92 Å². The Balaban J connectivity index is 1.54. The first-order valence-electron chi connectivity index (χ1n) is 9.53. The number of aromatic amines is 1. The Kier molecular flexibility index (Phi) is 5.00. The van der Waals surface area contributed by atoms with Crippen LogP contribution in [0.4, 0.5) is 5.82 Å². The Hall–Kier alpha value is -2.96. The highest BCUT2D eigenvalue weighted by Crippen LogP contribution is 2.24. The van der Waals surface area contributed by atoms with E-state index >= 15 is 0 Å². The summed E-state index contributed by atoms with van der Waals surface area (Å²) in [5, 5.41) is 7.37. The van der Waals surface area contributed by atoms with Crippen LogP contribution in [0.1, 0.15) is 43.5 Å². The normalized spacial score (nSPS) is 15.1. The third-order valence-electron chi connectivity index (χ3n) is 5.09. The molecule has 0 aliphatic heterocycles. The van der Waals surface area contributed by atoms with Crippen LogP contribution in [0.15, 0.2) is 41.2 Å². The van der Waals surface area contributed by atoms with Crippen molar-refractivity contribution < 1.29 is 4.79 Å². The topological polar surface area (TPSA) is 92.1 Å². The summed E-state index contributed by atoms with van der Waals surface area (Å²) in [6.45, 7) is 0. The van der Waals surface area contributed by atoms with Gasteiger partial charge in [0, 0.05) is 18.4 Å². The molecule has 0 spiro atoms. The van der Waals surface area contributed by atoms with E-state index in [1.807, 2.05) is 18.2 Å². The van der Waals surface area contributed by atoms with Crippen molar-refractivity contribution in [3.63, 3.8) is 0 Å². The molecule has 3 aromatic rings. The maximum atomic E-state index is 12.6. The van der Waals surface area contributed by atoms with Crippen LogP contribution in [-0.2, 0) is 17.6 Å². The van der Waals surface area contributed by atoms with Crippen LogP contribution in [0.2, 0.25) is 0 Å². The summed E-state index contributed by atoms with van der Waals surface area (Å²) in [5.41, 5.74) is 0.902. The third kappa shape index (κ3) is 4.07. The number of fused-ring (bicyclic) bond motifs is 1. The average Bonchev–Trinajstić information content (AvgIpc) is 3.11. The van der Waals surface area contributed by atoms with Crippen LogP contribution in [0.5, 0.6) is 0 Å². The molecule has 1 aliphatic rings. The Labute approximate surface area is 156 Å². The number of rotatable bonds is 5. The van der Waals surface area contributed by atoms with Gasteiger partial charge in [-0.15, -0.1) is 5.10 Å². The zero-order chi connectivity index (χ0) is 18.6. The molecule has 7 nitrogen and oxygen atoms in total. The van der Waals surface area contributed by atoms with E-state index in [4.69, 9.17) is 0 Å². The minimum atomic E-state index is -0.302. The number of aryl methyl sites for hydroxylation is 2. The predicted molar refractivity (Wildman–Crippen MR) is 103 cm³/mol. The number of amides is 1. The Morgan fingerprint density at radius 2 is 1.93 bits per heavy atom. The van der Waals surface area contributed by atoms with Crippen molar-refractivity contribution in [3.05, 3.63) is 58.1 Å². The summed E-state index contributed by atoms with van der Waals surface area (Å²) in [5.74, 6) is 1.33. The van der Waals surface area contributed by atoms with Crippen molar-refractivity contribution in [2.24, 2.45) is 5.92 Å². The second kappa shape index (κ2) is 7.73. The molecule has 1 aliphatic carbocycles. The molecule has 2 N–H and O–H groups in total. The zero-order valence-electron chi connectivity index (χ0n) is 15.1. The van der Waals surface area contributed by atoms with Gasteiger partial charge in [-0.1, -0.05) is 49.6 Å². The van der Waals surface area contributed by atoms with E-state index in [1.54, 1.807) is 0 Å². The van der Waals surface area contributed by atoms with Crippen molar-refractivity contribution >= 4 is 17.5 Å². The summed E-state index contributed by atoms with van der Waals surface area (Å²) in [7, 11) is 0. The molecule has 0 unspecified atom stereocenters. The van der Waals surface area contributed by atoms with E-state index in [-0.39, 0.29) is 17.4 Å². The maximum absolute atomic E-state index is 12.6. The molecule has 1 fully saturated rings. The molecule has 1 aromatic carbocycles. The van der Waals surface area contributed by atoms with Crippen molar-refractivity contribution in [3.8, 4) is 0 Å². The highest BCUT2D eigenvalue weighted by Gasteiger charge is 2.22. The first-order valence-corrected chi connectivity index (χ1v) is 9.53. The summed E-state index contributed by atoms with van der Waals surface area (Å²) in [6.07, 6.45) is 6.61. The Morgan fingerprint density at radius 1 is 1.15 bits per heavy atom. The number of anilines is 1. The van der Waals surface area contributed by atoms with Gasteiger partial charge in [-0.3, -0.25) is 14.6 Å². The van der Waals surface area contributed by atoms with Crippen molar-refractivity contribution in [2.45, 2.75) is 44.9 Å². The second-order valence-corrected chi connectivity index (χ2v) is 7.09. The van der Waals surface area contributed by atoms with E-state index in [0.29, 0.717) is 23.8 Å². The highest BCUT2D eigenvalue weighted by atomic mass is 16.2. The van der Waals surface area contributed by atoms with Crippen LogP contribution in [0.25, 0.3) is 5.78 Å². The van der Waals surface area contributed by atoms with Gasteiger partial charge in [0.05, 0.1) is 0 Å². The van der Waals surface area contributed by atoms with Gasteiger partial charge in [-0.05, 0) is 24.8 Å². The highest BCUT2D eigenvalue weighted by molar-refractivity contribution is 5.91. The number of carbonyl (C=O) groups is 1. The smallest absolute Gasteiger partial charge is 0.254 e. The molecule has 2 aromatic heterocycles. The maximum Gasteiger partial charge on any atom is 0.254 e. The molecule has 2 heterocycles. The number of hydrogen-bond acceptors (Lipinski definition) is 4. The van der Waals surface area contributed by atoms with Gasteiger partial charge in [0.2, 0.25) is 11.7 Å². The zero-order valence-corrected chi connectivity index (χ0v) is 15.1. The fraction of sp³-hybridized carbons (Fsp3) is 0.400. The molecule has 1 amide bonds. The van der Waals surface area contributed by atoms with Gasteiger partial charge >= 0.3 is 0 Å². The second-order valence-electron chi connectivity index (χ2n) is 7.09. The molecular weight excluding hydrogens is 342 g/mol. The lowest BCUT2D eigenvalue weighted by Crippen LogP contribution is -2.27. The lowest BCUT2D eigenvalue weighted by molar-refractivity contribution is -0.120. The van der Waals surface area contributed by atoms with Crippen LogP contribution >= 0.6 is 0 Å². The molecule has 0 atom stereocenters. The predicted octanol–water partition coefficient (Wildman–Crippen LogP) is 2.72. The van der Waals surface area contributed by atoms with Crippen molar-refractivity contribution in [1.82, 2.24) is 19.6 Å². The first-order chi connectivity index (χ1) is 13.2. The van der Waals surface area contributed by atoms with E-state index < -0.39 is 0 Å². The lowest BCUT2D eigenvalue weighted by Gasteiger charge is -2.20. The number of H-pyrrole nitrogens is 1. The van der Waals surface area contributed by atoms with E-state index in [2.05, 4.69) is 32.5 Å². The first kappa shape index (κ1) is 17.5. The molecule has 27 heavy (non-hydrogen) atoms. The average molecular weight is 365 g/mol. The number of nitrogens with zero attached hydrogens (tertiary/aromatic N) is 3. The van der Waals surface area contributed by atoms with Gasteiger partial charge in [0.15, 0.2) is 5.82 Å². The fourth-order valence-electron chi connectivity index (χ4n) is 3.62. The molecule has 1 saturated carbocycles. The number of carbonyl (C=O) groups excluding carboxylic acids is 1. The van der Waals surface area contributed by atoms with E-state index in [9.17, 15) is 9.59 Å². The van der Waals surface area contributed by atoms with Crippen LogP contribution in [0.3, 0.4) is 0 Å². The van der Waals surface area contributed by atoms with Gasteiger partial charge in [0.1, 0.15) is 5.82 Å². The van der Waals surface area contributed by atoms with Gasteiger partial charge < -0.3 is 5.32 Å². The largest absolute Gasteiger partial charge is 0.310 e. The molecular formula is C20H23N5O2. The number of hydrogen-bond donors (Lipinski definition) is 2.